The van der Waals surface area contributed by atoms with Crippen molar-refractivity contribution >= 4 is 11.6 Å². The molecule has 0 nitrogen and oxygen atoms in total. The van der Waals surface area contributed by atoms with Crippen LogP contribution in [0.3, 0.4) is 0 Å². The van der Waals surface area contributed by atoms with E-state index in [1.54, 1.807) is 0 Å². The normalized spacial score (nSPS) is 30.2. The van der Waals surface area contributed by atoms with Crippen molar-refractivity contribution in [1.82, 2.24) is 0 Å². The molecule has 0 bridgehead atoms. The van der Waals surface area contributed by atoms with Crippen LogP contribution in [-0.2, 0) is 0 Å². The predicted octanol–water partition coefficient (Wildman–Crippen LogP) is 4.14. The molecule has 0 aromatic carbocycles. The van der Waals surface area contributed by atoms with Crippen molar-refractivity contribution in [2.24, 2.45) is 5.92 Å². The zero-order chi connectivity index (χ0) is 8.97. The minimum Gasteiger partial charge on any atom is -0.123 e. The summed E-state index contributed by atoms with van der Waals surface area (Å²) in [4.78, 5) is 0. The zero-order valence-electron chi connectivity index (χ0n) is 7.98. The van der Waals surface area contributed by atoms with Gasteiger partial charge in [-0.1, -0.05) is 18.4 Å². The molecule has 0 aromatic rings. The SMILES string of the molecule is C=C(C)CCC1CCCC(Cl)C1. The molecule has 70 valence electrons. The van der Waals surface area contributed by atoms with Gasteiger partial charge in [0, 0.05) is 5.38 Å². The maximum atomic E-state index is 6.10. The Morgan fingerprint density at radius 1 is 1.50 bits per heavy atom. The van der Waals surface area contributed by atoms with E-state index in [4.69, 9.17) is 11.6 Å². The minimum absolute atomic E-state index is 0.453. The summed E-state index contributed by atoms with van der Waals surface area (Å²) in [6.45, 7) is 6.04. The summed E-state index contributed by atoms with van der Waals surface area (Å²) < 4.78 is 0. The van der Waals surface area contributed by atoms with Crippen LogP contribution in [0.4, 0.5) is 0 Å². The maximum Gasteiger partial charge on any atom is 0.0338 e. The average Bonchev–Trinajstić information content (AvgIpc) is 2.01. The third-order valence-corrected chi connectivity index (χ3v) is 3.09. The molecule has 0 heterocycles. The standard InChI is InChI=1S/C11H19Cl/c1-9(2)6-7-10-4-3-5-11(12)8-10/h10-11H,1,3-8H2,2H3. The van der Waals surface area contributed by atoms with E-state index in [-0.39, 0.29) is 0 Å². The van der Waals surface area contributed by atoms with E-state index >= 15 is 0 Å². The molecule has 0 radical (unpaired) electrons. The second-order valence-corrected chi connectivity index (χ2v) is 4.74. The van der Waals surface area contributed by atoms with Crippen LogP contribution >= 0.6 is 11.6 Å². The number of hydrogen-bond acceptors (Lipinski definition) is 0. The fourth-order valence-electron chi connectivity index (χ4n) is 1.94. The van der Waals surface area contributed by atoms with Crippen LogP contribution < -0.4 is 0 Å². The van der Waals surface area contributed by atoms with E-state index in [9.17, 15) is 0 Å². The van der Waals surface area contributed by atoms with E-state index in [1.807, 2.05) is 0 Å². The smallest absolute Gasteiger partial charge is 0.0338 e. The molecule has 1 rings (SSSR count). The van der Waals surface area contributed by atoms with Gasteiger partial charge in [0.25, 0.3) is 0 Å². The topological polar surface area (TPSA) is 0 Å². The van der Waals surface area contributed by atoms with E-state index in [0.29, 0.717) is 5.38 Å². The Bertz CT molecular complexity index is 151. The highest BCUT2D eigenvalue weighted by molar-refractivity contribution is 6.20. The van der Waals surface area contributed by atoms with Crippen molar-refractivity contribution in [1.29, 1.82) is 0 Å². The summed E-state index contributed by atoms with van der Waals surface area (Å²) >= 11 is 6.10. The van der Waals surface area contributed by atoms with Gasteiger partial charge >= 0.3 is 0 Å². The van der Waals surface area contributed by atoms with Gasteiger partial charge in [0.05, 0.1) is 0 Å². The fourth-order valence-corrected chi connectivity index (χ4v) is 2.34. The third kappa shape index (κ3) is 3.62. The Kier molecular flexibility index (Phi) is 4.14. The van der Waals surface area contributed by atoms with Gasteiger partial charge in [0.2, 0.25) is 0 Å². The molecule has 1 aliphatic rings. The third-order valence-electron chi connectivity index (χ3n) is 2.70. The summed E-state index contributed by atoms with van der Waals surface area (Å²) in [6.07, 6.45) is 7.66. The lowest BCUT2D eigenvalue weighted by atomic mass is 9.85. The molecule has 0 aromatic heterocycles. The Morgan fingerprint density at radius 2 is 2.25 bits per heavy atom. The first-order chi connectivity index (χ1) is 5.68. The molecule has 2 unspecified atom stereocenters. The van der Waals surface area contributed by atoms with Crippen molar-refractivity contribution in [2.75, 3.05) is 0 Å². The van der Waals surface area contributed by atoms with E-state index < -0.39 is 0 Å². The molecule has 0 spiro atoms. The Balaban J connectivity index is 2.18. The molecule has 0 aliphatic heterocycles. The monoisotopic (exact) mass is 186 g/mol. The van der Waals surface area contributed by atoms with Crippen LogP contribution in [-0.4, -0.2) is 5.38 Å². The van der Waals surface area contributed by atoms with Crippen LogP contribution in [0.5, 0.6) is 0 Å². The van der Waals surface area contributed by atoms with Crippen LogP contribution in [0, 0.1) is 5.92 Å². The second-order valence-electron chi connectivity index (χ2n) is 4.13. The highest BCUT2D eigenvalue weighted by Gasteiger charge is 2.19. The highest BCUT2D eigenvalue weighted by atomic mass is 35.5. The number of halogens is 1. The predicted molar refractivity (Wildman–Crippen MR) is 55.6 cm³/mol. The van der Waals surface area contributed by atoms with E-state index in [0.717, 1.165) is 5.92 Å². The van der Waals surface area contributed by atoms with Gasteiger partial charge in [0.1, 0.15) is 0 Å². The van der Waals surface area contributed by atoms with Gasteiger partial charge in [-0.25, -0.2) is 0 Å². The van der Waals surface area contributed by atoms with E-state index in [2.05, 4.69) is 13.5 Å². The van der Waals surface area contributed by atoms with Gasteiger partial charge in [-0.3, -0.25) is 0 Å². The molecule has 12 heavy (non-hydrogen) atoms. The number of rotatable bonds is 3. The Hall–Kier alpha value is 0.0300. The molecule has 1 aliphatic carbocycles. The van der Waals surface area contributed by atoms with Crippen molar-refractivity contribution in [2.45, 2.75) is 50.8 Å². The molecule has 0 saturated heterocycles. The van der Waals surface area contributed by atoms with Crippen molar-refractivity contribution < 1.29 is 0 Å². The highest BCUT2D eigenvalue weighted by Crippen LogP contribution is 2.31. The largest absolute Gasteiger partial charge is 0.123 e. The van der Waals surface area contributed by atoms with Gasteiger partial charge in [-0.05, 0) is 38.5 Å². The van der Waals surface area contributed by atoms with Crippen LogP contribution in [0.2, 0.25) is 0 Å². The minimum atomic E-state index is 0.453. The number of alkyl halides is 1. The summed E-state index contributed by atoms with van der Waals surface area (Å²) in [5, 5.41) is 0.453. The maximum absolute atomic E-state index is 6.10. The molecule has 1 saturated carbocycles. The molecular weight excluding hydrogens is 168 g/mol. The molecule has 1 heteroatoms. The lowest BCUT2D eigenvalue weighted by Crippen LogP contribution is -2.15. The zero-order valence-corrected chi connectivity index (χ0v) is 8.74. The molecule has 2 atom stereocenters. The number of allylic oxidation sites excluding steroid dienone is 1. The van der Waals surface area contributed by atoms with Gasteiger partial charge in [0.15, 0.2) is 0 Å². The molecular formula is C11H19Cl. The number of hydrogen-bond donors (Lipinski definition) is 0. The summed E-state index contributed by atoms with van der Waals surface area (Å²) in [5.41, 5.74) is 1.31. The summed E-state index contributed by atoms with van der Waals surface area (Å²) in [5.74, 6) is 0.873. The summed E-state index contributed by atoms with van der Waals surface area (Å²) in [7, 11) is 0. The fraction of sp³-hybridized carbons (Fsp3) is 0.818. The van der Waals surface area contributed by atoms with Gasteiger partial charge < -0.3 is 0 Å². The van der Waals surface area contributed by atoms with Crippen LogP contribution in [0.1, 0.15) is 45.4 Å². The van der Waals surface area contributed by atoms with Crippen LogP contribution in [0.15, 0.2) is 12.2 Å². The van der Waals surface area contributed by atoms with Crippen molar-refractivity contribution in [3.63, 3.8) is 0 Å². The van der Waals surface area contributed by atoms with Crippen molar-refractivity contribution in [3.05, 3.63) is 12.2 Å². The summed E-state index contributed by atoms with van der Waals surface area (Å²) in [6, 6.07) is 0. The molecule has 1 fully saturated rings. The molecule has 0 N–H and O–H groups in total. The van der Waals surface area contributed by atoms with Gasteiger partial charge in [-0.2, -0.15) is 0 Å². The second kappa shape index (κ2) is 4.91. The average molecular weight is 187 g/mol. The first kappa shape index (κ1) is 10.1. The quantitative estimate of drug-likeness (QED) is 0.459. The molecule has 0 amide bonds. The Labute approximate surface area is 81.0 Å². The Morgan fingerprint density at radius 3 is 2.83 bits per heavy atom. The van der Waals surface area contributed by atoms with E-state index in [1.165, 1.54) is 44.1 Å². The first-order valence-electron chi connectivity index (χ1n) is 4.97. The van der Waals surface area contributed by atoms with Gasteiger partial charge in [-0.15, -0.1) is 18.2 Å². The lowest BCUT2D eigenvalue weighted by molar-refractivity contribution is 0.343. The van der Waals surface area contributed by atoms with Crippen molar-refractivity contribution in [3.8, 4) is 0 Å². The lowest BCUT2D eigenvalue weighted by Gasteiger charge is -2.25. The van der Waals surface area contributed by atoms with Crippen LogP contribution in [0.25, 0.3) is 0 Å². The first-order valence-corrected chi connectivity index (χ1v) is 5.40.